The van der Waals surface area contributed by atoms with Crippen LogP contribution in [-0.4, -0.2) is 25.5 Å². The van der Waals surface area contributed by atoms with Crippen LogP contribution >= 0.6 is 23.2 Å². The summed E-state index contributed by atoms with van der Waals surface area (Å²) in [6, 6.07) is 6.22. The second-order valence-electron chi connectivity index (χ2n) is 6.71. The molecule has 0 aliphatic carbocycles. The Morgan fingerprint density at radius 3 is 2.68 bits per heavy atom. The number of anilines is 1. The molecule has 0 aliphatic rings. The Bertz CT molecular complexity index is 1010. The topological polar surface area (TPSA) is 64.7 Å². The van der Waals surface area contributed by atoms with Crippen LogP contribution in [0, 0.1) is 25.6 Å². The van der Waals surface area contributed by atoms with Gasteiger partial charge in [0.2, 0.25) is 5.91 Å². The number of aromatic nitrogens is 4. The fraction of sp³-hybridized carbons (Fsp3) is 0.316. The molecule has 1 atom stereocenters. The van der Waals surface area contributed by atoms with E-state index >= 15 is 0 Å². The van der Waals surface area contributed by atoms with E-state index in [0.717, 1.165) is 17.0 Å². The van der Waals surface area contributed by atoms with Crippen LogP contribution in [0.1, 0.15) is 23.9 Å². The van der Waals surface area contributed by atoms with Gasteiger partial charge in [-0.3, -0.25) is 14.2 Å². The lowest BCUT2D eigenvalue weighted by molar-refractivity contribution is -0.119. The van der Waals surface area contributed by atoms with Crippen molar-refractivity contribution >= 4 is 34.9 Å². The minimum absolute atomic E-state index is 0.235. The molecule has 9 heteroatoms. The third-order valence-electron chi connectivity index (χ3n) is 4.38. The van der Waals surface area contributed by atoms with Crippen LogP contribution in [0.2, 0.25) is 10.0 Å². The SMILES string of the molecule is Cc1nn(CC(C)C(=O)Nc2nn(Cc3cccc(F)c3)cc2Cl)c(C)c1Cl. The van der Waals surface area contributed by atoms with Crippen LogP contribution in [0.3, 0.4) is 0 Å². The molecule has 0 saturated carbocycles. The fourth-order valence-corrected chi connectivity index (χ4v) is 3.15. The lowest BCUT2D eigenvalue weighted by atomic mass is 10.1. The highest BCUT2D eigenvalue weighted by Gasteiger charge is 2.19. The van der Waals surface area contributed by atoms with Gasteiger partial charge in [0.15, 0.2) is 5.82 Å². The van der Waals surface area contributed by atoms with E-state index in [1.54, 1.807) is 34.6 Å². The standard InChI is InChI=1S/C19H20Cl2FN5O/c1-11(8-27-13(3)17(21)12(2)24-27)19(28)23-18-16(20)10-26(25-18)9-14-5-4-6-15(22)7-14/h4-7,10-11H,8-9H2,1-3H3,(H,23,25,28). The third-order valence-corrected chi connectivity index (χ3v) is 5.20. The predicted octanol–water partition coefficient (Wildman–Crippen LogP) is 4.47. The molecule has 1 amide bonds. The molecule has 0 aliphatic heterocycles. The van der Waals surface area contributed by atoms with Crippen molar-refractivity contribution in [3.05, 3.63) is 63.3 Å². The smallest absolute Gasteiger partial charge is 0.230 e. The molecular weight excluding hydrogens is 404 g/mol. The highest BCUT2D eigenvalue weighted by molar-refractivity contribution is 6.33. The Hall–Kier alpha value is -2.38. The van der Waals surface area contributed by atoms with Crippen LogP contribution in [0.15, 0.2) is 30.5 Å². The van der Waals surface area contributed by atoms with Gasteiger partial charge in [-0.1, -0.05) is 42.3 Å². The Morgan fingerprint density at radius 2 is 2.04 bits per heavy atom. The summed E-state index contributed by atoms with van der Waals surface area (Å²) in [5.41, 5.74) is 2.29. The fourth-order valence-electron chi connectivity index (χ4n) is 2.82. The van der Waals surface area contributed by atoms with E-state index < -0.39 is 0 Å². The number of benzene rings is 1. The first-order valence-electron chi connectivity index (χ1n) is 8.72. The first-order valence-corrected chi connectivity index (χ1v) is 9.48. The highest BCUT2D eigenvalue weighted by Crippen LogP contribution is 2.22. The molecule has 3 aromatic rings. The molecule has 28 heavy (non-hydrogen) atoms. The summed E-state index contributed by atoms with van der Waals surface area (Å²) < 4.78 is 16.6. The summed E-state index contributed by atoms with van der Waals surface area (Å²) in [4.78, 5) is 12.5. The van der Waals surface area contributed by atoms with Gasteiger partial charge in [-0.2, -0.15) is 10.2 Å². The van der Waals surface area contributed by atoms with E-state index in [4.69, 9.17) is 23.2 Å². The van der Waals surface area contributed by atoms with Crippen LogP contribution in [0.25, 0.3) is 0 Å². The van der Waals surface area contributed by atoms with Crippen molar-refractivity contribution in [1.82, 2.24) is 19.6 Å². The highest BCUT2D eigenvalue weighted by atomic mass is 35.5. The summed E-state index contributed by atoms with van der Waals surface area (Å²) in [6.45, 7) is 6.19. The summed E-state index contributed by atoms with van der Waals surface area (Å²) >= 11 is 12.3. The lowest BCUT2D eigenvalue weighted by Gasteiger charge is -2.12. The van der Waals surface area contributed by atoms with Crippen molar-refractivity contribution in [2.75, 3.05) is 5.32 Å². The number of aryl methyl sites for hydroxylation is 1. The van der Waals surface area contributed by atoms with Crippen LogP contribution in [-0.2, 0) is 17.9 Å². The number of rotatable bonds is 6. The van der Waals surface area contributed by atoms with E-state index in [-0.39, 0.29) is 23.5 Å². The lowest BCUT2D eigenvalue weighted by Crippen LogP contribution is -2.25. The van der Waals surface area contributed by atoms with Crippen LogP contribution in [0.5, 0.6) is 0 Å². The van der Waals surface area contributed by atoms with Gasteiger partial charge in [-0.05, 0) is 31.5 Å². The first kappa shape index (κ1) is 20.4. The second kappa shape index (κ2) is 8.32. The number of nitrogens with one attached hydrogen (secondary N) is 1. The first-order chi connectivity index (χ1) is 13.2. The number of amides is 1. The summed E-state index contributed by atoms with van der Waals surface area (Å²) in [7, 11) is 0. The molecule has 0 fully saturated rings. The van der Waals surface area contributed by atoms with Gasteiger partial charge in [-0.15, -0.1) is 0 Å². The van der Waals surface area contributed by atoms with Crippen molar-refractivity contribution in [3.63, 3.8) is 0 Å². The Balaban J connectivity index is 1.66. The zero-order chi connectivity index (χ0) is 20.4. The molecular formula is C19H20Cl2FN5O. The molecule has 6 nitrogen and oxygen atoms in total. The number of nitrogens with zero attached hydrogens (tertiary/aromatic N) is 4. The number of carbonyl (C=O) groups excluding carboxylic acids is 1. The number of hydrogen-bond acceptors (Lipinski definition) is 3. The predicted molar refractivity (Wildman–Crippen MR) is 107 cm³/mol. The largest absolute Gasteiger partial charge is 0.308 e. The maximum Gasteiger partial charge on any atom is 0.230 e. The third kappa shape index (κ3) is 4.54. The van der Waals surface area contributed by atoms with E-state index in [0.29, 0.717) is 23.1 Å². The minimum atomic E-state index is -0.376. The van der Waals surface area contributed by atoms with E-state index in [2.05, 4.69) is 15.5 Å². The number of halogens is 3. The quantitative estimate of drug-likeness (QED) is 0.635. The molecule has 2 aromatic heterocycles. The van der Waals surface area contributed by atoms with Gasteiger partial charge in [0.1, 0.15) is 10.8 Å². The molecule has 0 saturated heterocycles. The molecule has 0 spiro atoms. The molecule has 148 valence electrons. The molecule has 0 bridgehead atoms. The van der Waals surface area contributed by atoms with E-state index in [1.165, 1.54) is 12.1 Å². The Kier molecular flexibility index (Phi) is 6.05. The summed E-state index contributed by atoms with van der Waals surface area (Å²) in [6.07, 6.45) is 1.59. The van der Waals surface area contributed by atoms with Gasteiger partial charge in [0, 0.05) is 6.20 Å². The van der Waals surface area contributed by atoms with Crippen molar-refractivity contribution in [2.24, 2.45) is 5.92 Å². The van der Waals surface area contributed by atoms with Crippen molar-refractivity contribution in [1.29, 1.82) is 0 Å². The monoisotopic (exact) mass is 423 g/mol. The normalized spacial score (nSPS) is 12.2. The zero-order valence-electron chi connectivity index (χ0n) is 15.7. The minimum Gasteiger partial charge on any atom is -0.308 e. The number of hydrogen-bond donors (Lipinski definition) is 1. The van der Waals surface area contributed by atoms with Gasteiger partial charge >= 0.3 is 0 Å². The zero-order valence-corrected chi connectivity index (χ0v) is 17.2. The van der Waals surface area contributed by atoms with Gasteiger partial charge < -0.3 is 5.32 Å². The Morgan fingerprint density at radius 1 is 1.29 bits per heavy atom. The average molecular weight is 424 g/mol. The van der Waals surface area contributed by atoms with E-state index in [1.807, 2.05) is 13.8 Å². The summed E-state index contributed by atoms with van der Waals surface area (Å²) in [5.74, 6) is -0.663. The maximum absolute atomic E-state index is 13.3. The van der Waals surface area contributed by atoms with Gasteiger partial charge in [0.25, 0.3) is 0 Å². The molecule has 0 radical (unpaired) electrons. The average Bonchev–Trinajstić information content (AvgIpc) is 3.09. The maximum atomic E-state index is 13.3. The van der Waals surface area contributed by atoms with Crippen molar-refractivity contribution < 1.29 is 9.18 Å². The molecule has 1 aromatic carbocycles. The van der Waals surface area contributed by atoms with Gasteiger partial charge in [-0.25, -0.2) is 4.39 Å². The van der Waals surface area contributed by atoms with Crippen molar-refractivity contribution in [2.45, 2.75) is 33.9 Å². The molecule has 2 heterocycles. The van der Waals surface area contributed by atoms with E-state index in [9.17, 15) is 9.18 Å². The molecule has 1 unspecified atom stereocenters. The second-order valence-corrected chi connectivity index (χ2v) is 7.50. The summed E-state index contributed by atoms with van der Waals surface area (Å²) in [5, 5.41) is 12.3. The molecule has 1 N–H and O–H groups in total. The van der Waals surface area contributed by atoms with Crippen LogP contribution < -0.4 is 5.32 Å². The van der Waals surface area contributed by atoms with Gasteiger partial charge in [0.05, 0.1) is 35.4 Å². The Labute approximate surface area is 172 Å². The van der Waals surface area contributed by atoms with Crippen LogP contribution in [0.4, 0.5) is 10.2 Å². The molecule has 3 rings (SSSR count). The number of carbonyl (C=O) groups is 1. The van der Waals surface area contributed by atoms with Crippen molar-refractivity contribution in [3.8, 4) is 0 Å².